The van der Waals surface area contributed by atoms with Crippen molar-refractivity contribution >= 4 is 17.3 Å². The van der Waals surface area contributed by atoms with Gasteiger partial charge in [-0.3, -0.25) is 0 Å². The maximum atomic E-state index is 13.5. The SMILES string of the molecule is Cc1cccc(NC(C)c2ccc(Cl)c(F)c2)c1C#N. The van der Waals surface area contributed by atoms with Gasteiger partial charge >= 0.3 is 0 Å². The van der Waals surface area contributed by atoms with E-state index in [2.05, 4.69) is 11.4 Å². The minimum absolute atomic E-state index is 0.106. The molecule has 1 atom stereocenters. The Balaban J connectivity index is 2.28. The molecule has 0 aliphatic rings. The number of benzene rings is 2. The van der Waals surface area contributed by atoms with Crippen LogP contribution in [0.2, 0.25) is 5.02 Å². The van der Waals surface area contributed by atoms with Crippen LogP contribution in [-0.2, 0) is 0 Å². The summed E-state index contributed by atoms with van der Waals surface area (Å²) in [4.78, 5) is 0. The lowest BCUT2D eigenvalue weighted by atomic mass is 10.0. The first-order valence-corrected chi connectivity index (χ1v) is 6.62. The predicted molar refractivity (Wildman–Crippen MR) is 79.3 cm³/mol. The highest BCUT2D eigenvalue weighted by molar-refractivity contribution is 6.30. The number of halogens is 2. The zero-order valence-electron chi connectivity index (χ0n) is 11.2. The van der Waals surface area contributed by atoms with Gasteiger partial charge in [0.1, 0.15) is 11.9 Å². The molecule has 1 N–H and O–H groups in total. The smallest absolute Gasteiger partial charge is 0.142 e. The second-order valence-electron chi connectivity index (χ2n) is 4.65. The van der Waals surface area contributed by atoms with Crippen molar-refractivity contribution in [3.05, 3.63) is 63.9 Å². The lowest BCUT2D eigenvalue weighted by Crippen LogP contribution is -2.08. The standard InChI is InChI=1S/C16H14ClFN2/c1-10-4-3-5-16(13(10)9-19)20-11(2)12-6-7-14(17)15(18)8-12/h3-8,11,20H,1-2H3. The van der Waals surface area contributed by atoms with Gasteiger partial charge in [-0.25, -0.2) is 4.39 Å². The molecule has 0 fully saturated rings. The van der Waals surface area contributed by atoms with Gasteiger partial charge in [-0.1, -0.05) is 29.8 Å². The molecule has 20 heavy (non-hydrogen) atoms. The summed E-state index contributed by atoms with van der Waals surface area (Å²) in [6, 6.07) is 12.4. The monoisotopic (exact) mass is 288 g/mol. The van der Waals surface area contributed by atoms with E-state index in [0.717, 1.165) is 16.8 Å². The van der Waals surface area contributed by atoms with Crippen molar-refractivity contribution in [1.29, 1.82) is 5.26 Å². The van der Waals surface area contributed by atoms with Crippen LogP contribution in [0, 0.1) is 24.1 Å². The number of rotatable bonds is 3. The van der Waals surface area contributed by atoms with Gasteiger partial charge in [-0.2, -0.15) is 5.26 Å². The van der Waals surface area contributed by atoms with Gasteiger partial charge in [0.05, 0.1) is 16.3 Å². The molecule has 0 aliphatic carbocycles. The van der Waals surface area contributed by atoms with E-state index in [1.54, 1.807) is 6.07 Å². The van der Waals surface area contributed by atoms with E-state index < -0.39 is 5.82 Å². The van der Waals surface area contributed by atoms with Crippen molar-refractivity contribution in [1.82, 2.24) is 0 Å². The molecule has 0 saturated heterocycles. The summed E-state index contributed by atoms with van der Waals surface area (Å²) in [5.74, 6) is -0.442. The highest BCUT2D eigenvalue weighted by atomic mass is 35.5. The molecule has 1 unspecified atom stereocenters. The summed E-state index contributed by atoms with van der Waals surface area (Å²) in [6.45, 7) is 3.79. The summed E-state index contributed by atoms with van der Waals surface area (Å²) in [6.07, 6.45) is 0. The van der Waals surface area contributed by atoms with Crippen LogP contribution in [0.25, 0.3) is 0 Å². The maximum Gasteiger partial charge on any atom is 0.142 e. The lowest BCUT2D eigenvalue weighted by Gasteiger charge is -2.17. The Bertz CT molecular complexity index is 677. The lowest BCUT2D eigenvalue weighted by molar-refractivity contribution is 0.624. The predicted octanol–water partition coefficient (Wildman–Crippen LogP) is 4.83. The van der Waals surface area contributed by atoms with E-state index in [4.69, 9.17) is 11.6 Å². The Morgan fingerprint density at radius 2 is 2.05 bits per heavy atom. The highest BCUT2D eigenvalue weighted by Crippen LogP contribution is 2.26. The second-order valence-corrected chi connectivity index (χ2v) is 5.06. The molecule has 0 bridgehead atoms. The van der Waals surface area contributed by atoms with Gasteiger partial charge < -0.3 is 5.32 Å². The minimum atomic E-state index is -0.442. The van der Waals surface area contributed by atoms with Crippen LogP contribution >= 0.6 is 11.6 Å². The fourth-order valence-electron chi connectivity index (χ4n) is 2.03. The van der Waals surface area contributed by atoms with E-state index in [0.29, 0.717) is 5.56 Å². The number of nitrogens with zero attached hydrogens (tertiary/aromatic N) is 1. The molecule has 4 heteroatoms. The van der Waals surface area contributed by atoms with E-state index in [-0.39, 0.29) is 11.1 Å². The molecular weight excluding hydrogens is 275 g/mol. The van der Waals surface area contributed by atoms with Crippen molar-refractivity contribution in [2.45, 2.75) is 19.9 Å². The van der Waals surface area contributed by atoms with E-state index in [9.17, 15) is 9.65 Å². The summed E-state index contributed by atoms with van der Waals surface area (Å²) in [5.41, 5.74) is 3.04. The summed E-state index contributed by atoms with van der Waals surface area (Å²) >= 11 is 5.68. The van der Waals surface area contributed by atoms with Crippen LogP contribution < -0.4 is 5.32 Å². The summed E-state index contributed by atoms with van der Waals surface area (Å²) in [7, 11) is 0. The topological polar surface area (TPSA) is 35.8 Å². The number of hydrogen-bond acceptors (Lipinski definition) is 2. The van der Waals surface area contributed by atoms with Crippen molar-refractivity contribution in [2.75, 3.05) is 5.32 Å². The number of anilines is 1. The molecule has 2 nitrogen and oxygen atoms in total. The molecule has 0 amide bonds. The van der Waals surface area contributed by atoms with Gasteiger partial charge in [0.25, 0.3) is 0 Å². The van der Waals surface area contributed by atoms with Gasteiger partial charge in [0, 0.05) is 6.04 Å². The Labute approximate surface area is 122 Å². The van der Waals surface area contributed by atoms with Crippen LogP contribution in [0.3, 0.4) is 0 Å². The Kier molecular flexibility index (Phi) is 4.26. The molecule has 0 saturated carbocycles. The van der Waals surface area contributed by atoms with Crippen LogP contribution in [0.15, 0.2) is 36.4 Å². The number of aryl methyl sites for hydroxylation is 1. The van der Waals surface area contributed by atoms with Gasteiger partial charge in [0.2, 0.25) is 0 Å². The zero-order chi connectivity index (χ0) is 14.7. The largest absolute Gasteiger partial charge is 0.377 e. The minimum Gasteiger partial charge on any atom is -0.377 e. The van der Waals surface area contributed by atoms with Gasteiger partial charge in [-0.05, 0) is 43.2 Å². The average Bonchev–Trinajstić information content (AvgIpc) is 2.42. The number of nitrogens with one attached hydrogen (secondary N) is 1. The van der Waals surface area contributed by atoms with Crippen LogP contribution in [-0.4, -0.2) is 0 Å². The molecule has 102 valence electrons. The quantitative estimate of drug-likeness (QED) is 0.878. The van der Waals surface area contributed by atoms with Crippen LogP contribution in [0.4, 0.5) is 10.1 Å². The normalized spacial score (nSPS) is 11.8. The first kappa shape index (κ1) is 14.4. The molecule has 2 rings (SSSR count). The molecule has 2 aromatic carbocycles. The maximum absolute atomic E-state index is 13.5. The van der Waals surface area contributed by atoms with Crippen LogP contribution in [0.1, 0.15) is 29.7 Å². The molecule has 0 heterocycles. The van der Waals surface area contributed by atoms with E-state index >= 15 is 0 Å². The van der Waals surface area contributed by atoms with E-state index in [1.165, 1.54) is 12.1 Å². The van der Waals surface area contributed by atoms with E-state index in [1.807, 2.05) is 32.0 Å². The fraction of sp³-hybridized carbons (Fsp3) is 0.188. The highest BCUT2D eigenvalue weighted by Gasteiger charge is 2.11. The summed E-state index contributed by atoms with van der Waals surface area (Å²) in [5, 5.41) is 12.5. The van der Waals surface area contributed by atoms with Crippen LogP contribution in [0.5, 0.6) is 0 Å². The Hall–Kier alpha value is -2.05. The van der Waals surface area contributed by atoms with Crippen molar-refractivity contribution in [2.24, 2.45) is 0 Å². The average molecular weight is 289 g/mol. The first-order chi connectivity index (χ1) is 9.52. The zero-order valence-corrected chi connectivity index (χ0v) is 12.0. The third-order valence-corrected chi connectivity index (χ3v) is 3.51. The molecule has 0 aliphatic heterocycles. The molecule has 0 radical (unpaired) electrons. The van der Waals surface area contributed by atoms with Crippen molar-refractivity contribution in [3.63, 3.8) is 0 Å². The van der Waals surface area contributed by atoms with Gasteiger partial charge in [0.15, 0.2) is 0 Å². The summed E-state index contributed by atoms with van der Waals surface area (Å²) < 4.78 is 13.5. The van der Waals surface area contributed by atoms with Crippen molar-refractivity contribution < 1.29 is 4.39 Å². The molecular formula is C16H14ClFN2. The molecule has 0 aromatic heterocycles. The Morgan fingerprint density at radius 1 is 1.30 bits per heavy atom. The van der Waals surface area contributed by atoms with Crippen molar-refractivity contribution in [3.8, 4) is 6.07 Å². The second kappa shape index (κ2) is 5.94. The molecule has 2 aromatic rings. The number of nitriles is 1. The Morgan fingerprint density at radius 3 is 2.70 bits per heavy atom. The third kappa shape index (κ3) is 2.92. The molecule has 0 spiro atoms. The third-order valence-electron chi connectivity index (χ3n) is 3.20. The van der Waals surface area contributed by atoms with Gasteiger partial charge in [-0.15, -0.1) is 0 Å². The number of hydrogen-bond donors (Lipinski definition) is 1. The fourth-order valence-corrected chi connectivity index (χ4v) is 2.15. The first-order valence-electron chi connectivity index (χ1n) is 6.24.